The van der Waals surface area contributed by atoms with Gasteiger partial charge in [0.2, 0.25) is 0 Å². The van der Waals surface area contributed by atoms with Crippen molar-refractivity contribution in [2.45, 2.75) is 51.8 Å². The van der Waals surface area contributed by atoms with Gasteiger partial charge in [0.05, 0.1) is 35.2 Å². The van der Waals surface area contributed by atoms with Crippen LogP contribution in [0, 0.1) is 30.4 Å². The molecule has 1 fully saturated rings. The Morgan fingerprint density at radius 2 is 2.00 bits per heavy atom. The second-order valence-corrected chi connectivity index (χ2v) is 10.8. The number of likely N-dealkylation sites (tertiary alicyclic amines) is 1. The molecule has 4 heterocycles. The number of nitrogens with two attached hydrogens (primary N) is 1. The molecular weight excluding hydrogens is 522 g/mol. The number of hydrogen-bond donors (Lipinski definition) is 1. The Morgan fingerprint density at radius 3 is 2.70 bits per heavy atom. The molecule has 0 saturated carbocycles. The fraction of sp³-hybridized carbons (Fsp3) is 0.444. The number of anilines is 1. The second kappa shape index (κ2) is 10.0. The van der Waals surface area contributed by atoms with E-state index in [1.807, 2.05) is 0 Å². The Kier molecular flexibility index (Phi) is 6.83. The maximum atomic E-state index is 15.3. The van der Waals surface area contributed by atoms with Crippen LogP contribution in [-0.2, 0) is 16.5 Å². The summed E-state index contributed by atoms with van der Waals surface area (Å²) in [4.78, 5) is 27.2. The summed E-state index contributed by atoms with van der Waals surface area (Å²) in [5, 5.41) is 4.98. The van der Waals surface area contributed by atoms with Crippen LogP contribution in [0.1, 0.15) is 50.3 Å². The molecule has 1 amide bonds. The lowest BCUT2D eigenvalue weighted by atomic mass is 10.1. The van der Waals surface area contributed by atoms with E-state index in [2.05, 4.69) is 31.9 Å². The number of nitrogens with zero attached hydrogens (tertiary/aromatic N) is 7. The van der Waals surface area contributed by atoms with Crippen molar-refractivity contribution in [3.8, 4) is 11.8 Å². The van der Waals surface area contributed by atoms with E-state index in [9.17, 15) is 9.18 Å². The van der Waals surface area contributed by atoms with E-state index in [0.29, 0.717) is 35.4 Å². The third kappa shape index (κ3) is 4.79. The van der Waals surface area contributed by atoms with E-state index >= 15 is 4.39 Å². The van der Waals surface area contributed by atoms with Gasteiger partial charge in [-0.05, 0) is 40.0 Å². The van der Waals surface area contributed by atoms with Crippen LogP contribution in [0.3, 0.4) is 0 Å². The number of carbonyl (C=O) groups excluding carboxylic acids is 1. The normalized spacial score (nSPS) is 17.4. The summed E-state index contributed by atoms with van der Waals surface area (Å²) in [6.07, 6.45) is 1.34. The lowest BCUT2D eigenvalue weighted by Gasteiger charge is -2.28. The van der Waals surface area contributed by atoms with Gasteiger partial charge in [-0.25, -0.2) is 33.2 Å². The predicted octanol–water partition coefficient (Wildman–Crippen LogP) is 3.48. The van der Waals surface area contributed by atoms with Crippen LogP contribution in [0.25, 0.3) is 22.1 Å². The molecule has 210 valence electrons. The summed E-state index contributed by atoms with van der Waals surface area (Å²) < 4.78 is 44.4. The Morgan fingerprint density at radius 1 is 1.25 bits per heavy atom. The number of aromatic nitrogens is 6. The molecule has 1 aromatic carbocycles. The fourth-order valence-electron chi connectivity index (χ4n) is 4.91. The number of halogens is 2. The van der Waals surface area contributed by atoms with Crippen molar-refractivity contribution in [1.29, 1.82) is 0 Å². The standard InChI is InChI=1S/C27H30F2N8O3/c1-14-33-23-20(35(14)5)10-18(28)17(22(23)29)7-8-19-21-24(30)31-13-32-25(21)37(34-19)15-9-16(12-39-6)36(11-15)26(38)40-27(2,3)4/h10,13,15-16H,9,11-12H2,1-6H3,(H2,30,31,32)/t15-,16+/m0/s1. The van der Waals surface area contributed by atoms with Crippen molar-refractivity contribution in [3.05, 3.63) is 41.1 Å². The molecule has 0 bridgehead atoms. The lowest BCUT2D eigenvalue weighted by Crippen LogP contribution is -2.41. The van der Waals surface area contributed by atoms with Gasteiger partial charge in [-0.1, -0.05) is 5.92 Å². The van der Waals surface area contributed by atoms with Gasteiger partial charge in [0.25, 0.3) is 0 Å². The molecule has 1 aliphatic heterocycles. The molecule has 5 rings (SSSR count). The van der Waals surface area contributed by atoms with Crippen molar-refractivity contribution in [2.75, 3.05) is 26.0 Å². The van der Waals surface area contributed by atoms with Crippen LogP contribution in [0.15, 0.2) is 12.4 Å². The highest BCUT2D eigenvalue weighted by Crippen LogP contribution is 2.33. The van der Waals surface area contributed by atoms with Crippen molar-refractivity contribution in [3.63, 3.8) is 0 Å². The molecule has 0 aliphatic carbocycles. The first-order chi connectivity index (χ1) is 18.9. The Bertz CT molecular complexity index is 1700. The molecule has 0 spiro atoms. The van der Waals surface area contributed by atoms with E-state index in [0.717, 1.165) is 0 Å². The maximum Gasteiger partial charge on any atom is 0.410 e. The van der Waals surface area contributed by atoms with Gasteiger partial charge in [0.1, 0.15) is 40.6 Å². The third-order valence-corrected chi connectivity index (χ3v) is 6.84. The minimum atomic E-state index is -0.856. The summed E-state index contributed by atoms with van der Waals surface area (Å²) in [7, 11) is 3.24. The predicted molar refractivity (Wildman–Crippen MR) is 143 cm³/mol. The van der Waals surface area contributed by atoms with Crippen molar-refractivity contribution >= 4 is 34.0 Å². The summed E-state index contributed by atoms with van der Waals surface area (Å²) >= 11 is 0. The Hall–Kier alpha value is -4.31. The second-order valence-electron chi connectivity index (χ2n) is 10.8. The molecule has 2 atom stereocenters. The number of methoxy groups -OCH3 is 1. The number of imidazole rings is 1. The van der Waals surface area contributed by atoms with Crippen molar-refractivity contribution in [1.82, 2.24) is 34.2 Å². The van der Waals surface area contributed by atoms with Gasteiger partial charge in [-0.3, -0.25) is 0 Å². The molecular formula is C27H30F2N8O3. The zero-order chi connectivity index (χ0) is 28.9. The minimum Gasteiger partial charge on any atom is -0.444 e. The minimum absolute atomic E-state index is 0.0290. The molecule has 11 nitrogen and oxygen atoms in total. The first kappa shape index (κ1) is 27.3. The van der Waals surface area contributed by atoms with Crippen molar-refractivity contribution in [2.24, 2.45) is 7.05 Å². The summed E-state index contributed by atoms with van der Waals surface area (Å²) in [6.45, 7) is 7.67. The first-order valence-corrected chi connectivity index (χ1v) is 12.7. The monoisotopic (exact) mass is 552 g/mol. The average Bonchev–Trinajstić information content (AvgIpc) is 3.54. The Labute approximate surface area is 229 Å². The van der Waals surface area contributed by atoms with E-state index in [-0.39, 0.29) is 35.7 Å². The van der Waals surface area contributed by atoms with E-state index in [4.69, 9.17) is 15.2 Å². The molecule has 13 heteroatoms. The first-order valence-electron chi connectivity index (χ1n) is 12.7. The van der Waals surface area contributed by atoms with Gasteiger partial charge >= 0.3 is 6.09 Å². The molecule has 0 unspecified atom stereocenters. The van der Waals surface area contributed by atoms with E-state index in [1.54, 1.807) is 56.0 Å². The van der Waals surface area contributed by atoms with Crippen molar-refractivity contribution < 1.29 is 23.0 Å². The number of benzene rings is 1. The van der Waals surface area contributed by atoms with Crippen LogP contribution < -0.4 is 5.73 Å². The van der Waals surface area contributed by atoms with Gasteiger partial charge < -0.3 is 24.7 Å². The highest BCUT2D eigenvalue weighted by molar-refractivity contribution is 5.90. The van der Waals surface area contributed by atoms with Crippen LogP contribution in [0.4, 0.5) is 19.4 Å². The maximum absolute atomic E-state index is 15.3. The summed E-state index contributed by atoms with van der Waals surface area (Å²) in [5.74, 6) is 4.34. The molecule has 0 radical (unpaired) electrons. The number of carbonyl (C=O) groups is 1. The number of fused-ring (bicyclic) bond motifs is 2. The molecule has 3 aromatic heterocycles. The van der Waals surface area contributed by atoms with Gasteiger partial charge in [0, 0.05) is 26.8 Å². The zero-order valence-electron chi connectivity index (χ0n) is 23.1. The lowest BCUT2D eigenvalue weighted by molar-refractivity contribution is 0.0145. The SMILES string of the molecule is COC[C@H]1C[C@H](n2nc(C#Cc3c(F)cc4c(nc(C)n4C)c3F)c3c(N)ncnc32)CN1C(=O)OC(C)(C)C. The van der Waals surface area contributed by atoms with Crippen LogP contribution in [0.5, 0.6) is 0 Å². The molecule has 2 N–H and O–H groups in total. The van der Waals surface area contributed by atoms with Gasteiger partial charge in [0.15, 0.2) is 11.5 Å². The van der Waals surface area contributed by atoms with Gasteiger partial charge in [-0.15, -0.1) is 0 Å². The average molecular weight is 553 g/mol. The molecule has 1 aliphatic rings. The summed E-state index contributed by atoms with van der Waals surface area (Å²) in [5.41, 5.74) is 5.97. The number of aryl methyl sites for hydroxylation is 2. The molecule has 40 heavy (non-hydrogen) atoms. The number of rotatable bonds is 3. The number of ether oxygens (including phenoxy) is 2. The highest BCUT2D eigenvalue weighted by Gasteiger charge is 2.39. The quantitative estimate of drug-likeness (QED) is 0.383. The summed E-state index contributed by atoms with van der Waals surface area (Å²) in [6, 6.07) is 0.618. The Balaban J connectivity index is 1.56. The van der Waals surface area contributed by atoms with Crippen LogP contribution in [0.2, 0.25) is 0 Å². The molecule has 4 aromatic rings. The van der Waals surface area contributed by atoms with E-state index in [1.165, 1.54) is 12.4 Å². The number of hydrogen-bond acceptors (Lipinski definition) is 8. The largest absolute Gasteiger partial charge is 0.444 e. The van der Waals surface area contributed by atoms with E-state index < -0.39 is 28.9 Å². The fourth-order valence-corrected chi connectivity index (χ4v) is 4.91. The number of amides is 1. The smallest absolute Gasteiger partial charge is 0.410 e. The zero-order valence-corrected chi connectivity index (χ0v) is 23.1. The topological polar surface area (TPSA) is 126 Å². The van der Waals surface area contributed by atoms with Crippen LogP contribution >= 0.6 is 0 Å². The van der Waals surface area contributed by atoms with Crippen LogP contribution in [-0.4, -0.2) is 72.2 Å². The number of nitrogen functional groups attached to an aromatic ring is 1. The third-order valence-electron chi connectivity index (χ3n) is 6.84. The molecule has 1 saturated heterocycles. The highest BCUT2D eigenvalue weighted by atomic mass is 19.1. The van der Waals surface area contributed by atoms with Gasteiger partial charge in [-0.2, -0.15) is 5.10 Å².